The first kappa shape index (κ1) is 17.9. The molecule has 1 rings (SSSR count). The molecule has 1 N–H and O–H groups in total. The summed E-state index contributed by atoms with van der Waals surface area (Å²) in [6.07, 6.45) is 0.947. The van der Waals surface area contributed by atoms with E-state index in [1.54, 1.807) is 6.92 Å². The fourth-order valence-electron chi connectivity index (χ4n) is 1.85. The smallest absolute Gasteiger partial charge is 0.192 e. The minimum atomic E-state index is -1.73. The summed E-state index contributed by atoms with van der Waals surface area (Å²) < 4.78 is 6.31. The van der Waals surface area contributed by atoms with Crippen LogP contribution in [0.5, 0.6) is 0 Å². The van der Waals surface area contributed by atoms with Crippen LogP contribution in [0.2, 0.25) is 18.1 Å². The minimum Gasteiger partial charge on any atom is -0.413 e. The third kappa shape index (κ3) is 4.42. The number of hydrogen-bond acceptors (Lipinski definition) is 3. The summed E-state index contributed by atoms with van der Waals surface area (Å²) in [4.78, 5) is 0. The van der Waals surface area contributed by atoms with Crippen molar-refractivity contribution >= 4 is 14.0 Å². The minimum absolute atomic E-state index is 0.222. The molecule has 0 amide bonds. The Morgan fingerprint density at radius 1 is 1.24 bits per heavy atom. The van der Waals surface area contributed by atoms with E-state index in [2.05, 4.69) is 58.1 Å². The van der Waals surface area contributed by atoms with Crippen LogP contribution in [0.4, 0.5) is 0 Å². The van der Waals surface area contributed by atoms with Gasteiger partial charge in [-0.3, -0.25) is 0 Å². The van der Waals surface area contributed by atoms with E-state index in [1.807, 2.05) is 6.07 Å². The van der Waals surface area contributed by atoms with Gasteiger partial charge in [0.2, 0.25) is 0 Å². The first-order valence-corrected chi connectivity index (χ1v) is 10.5. The molecule has 0 unspecified atom stereocenters. The maximum atomic E-state index is 8.89. The molecule has 0 saturated heterocycles. The zero-order valence-electron chi connectivity index (χ0n) is 14.4. The Kier molecular flexibility index (Phi) is 5.76. The summed E-state index contributed by atoms with van der Waals surface area (Å²) in [5.41, 5.74) is 4.10. The lowest BCUT2D eigenvalue weighted by Gasteiger charge is -2.36. The molecular formula is C17H29NO2Si. The Bertz CT molecular complexity index is 516. The first-order valence-electron chi connectivity index (χ1n) is 7.57. The highest BCUT2D eigenvalue weighted by Crippen LogP contribution is 2.37. The molecule has 0 aliphatic carbocycles. The van der Waals surface area contributed by atoms with Gasteiger partial charge in [-0.05, 0) is 54.2 Å². The lowest BCUT2D eigenvalue weighted by molar-refractivity contribution is 0.275. The summed E-state index contributed by atoms with van der Waals surface area (Å²) >= 11 is 0. The third-order valence-corrected chi connectivity index (χ3v) is 9.03. The van der Waals surface area contributed by atoms with Gasteiger partial charge < -0.3 is 9.63 Å². The lowest BCUT2D eigenvalue weighted by Crippen LogP contribution is -2.40. The topological polar surface area (TPSA) is 41.8 Å². The van der Waals surface area contributed by atoms with Crippen LogP contribution in [0.3, 0.4) is 0 Å². The van der Waals surface area contributed by atoms with Crippen LogP contribution in [0.1, 0.15) is 51.3 Å². The second-order valence-corrected chi connectivity index (χ2v) is 11.9. The molecule has 0 fully saturated rings. The molecule has 0 bridgehead atoms. The van der Waals surface area contributed by atoms with Gasteiger partial charge in [-0.15, -0.1) is 0 Å². The zero-order valence-corrected chi connectivity index (χ0v) is 15.4. The molecule has 118 valence electrons. The van der Waals surface area contributed by atoms with E-state index >= 15 is 0 Å². The molecular weight excluding hydrogens is 278 g/mol. The van der Waals surface area contributed by atoms with Gasteiger partial charge in [0.1, 0.15) is 0 Å². The SMILES string of the molecule is CCc1cc(/C(C)=N/O)ccc1CO[Si](C)(C)C(C)(C)C. The molecule has 0 aliphatic rings. The van der Waals surface area contributed by atoms with Crippen molar-refractivity contribution in [3.8, 4) is 0 Å². The van der Waals surface area contributed by atoms with E-state index in [9.17, 15) is 0 Å². The molecule has 1 aromatic carbocycles. The number of nitrogens with zero attached hydrogens (tertiary/aromatic N) is 1. The van der Waals surface area contributed by atoms with Crippen LogP contribution in [0, 0.1) is 0 Å². The van der Waals surface area contributed by atoms with Crippen molar-refractivity contribution in [1.29, 1.82) is 0 Å². The molecule has 4 heteroatoms. The zero-order chi connectivity index (χ0) is 16.3. The van der Waals surface area contributed by atoms with Gasteiger partial charge in [0.25, 0.3) is 0 Å². The summed E-state index contributed by atoms with van der Waals surface area (Å²) in [6.45, 7) is 15.9. The van der Waals surface area contributed by atoms with E-state index < -0.39 is 8.32 Å². The monoisotopic (exact) mass is 307 g/mol. The Labute approximate surface area is 130 Å². The Hall–Kier alpha value is -1.13. The summed E-state index contributed by atoms with van der Waals surface area (Å²) in [7, 11) is -1.73. The molecule has 21 heavy (non-hydrogen) atoms. The molecule has 0 atom stereocenters. The van der Waals surface area contributed by atoms with Crippen LogP contribution in [-0.2, 0) is 17.5 Å². The average molecular weight is 308 g/mol. The number of rotatable bonds is 5. The lowest BCUT2D eigenvalue weighted by atomic mass is 10.0. The summed E-state index contributed by atoms with van der Waals surface area (Å²) in [6, 6.07) is 6.19. The largest absolute Gasteiger partial charge is 0.413 e. The fourth-order valence-corrected chi connectivity index (χ4v) is 2.80. The van der Waals surface area contributed by atoms with Crippen molar-refractivity contribution in [3.05, 3.63) is 34.9 Å². The van der Waals surface area contributed by atoms with Crippen LogP contribution < -0.4 is 0 Å². The predicted octanol–water partition coefficient (Wildman–Crippen LogP) is 4.97. The number of benzene rings is 1. The summed E-state index contributed by atoms with van der Waals surface area (Å²) in [5, 5.41) is 12.4. The normalized spacial score (nSPS) is 13.6. The fraction of sp³-hybridized carbons (Fsp3) is 0.588. The Balaban J connectivity index is 2.95. The van der Waals surface area contributed by atoms with Gasteiger partial charge in [-0.25, -0.2) is 0 Å². The Morgan fingerprint density at radius 3 is 2.33 bits per heavy atom. The van der Waals surface area contributed by atoms with Crippen LogP contribution in [0.25, 0.3) is 0 Å². The van der Waals surface area contributed by atoms with E-state index in [1.165, 1.54) is 11.1 Å². The predicted molar refractivity (Wildman–Crippen MR) is 91.8 cm³/mol. The number of oxime groups is 1. The molecule has 1 aromatic rings. The van der Waals surface area contributed by atoms with Crippen molar-refractivity contribution in [2.45, 2.75) is 65.8 Å². The highest BCUT2D eigenvalue weighted by molar-refractivity contribution is 6.74. The van der Waals surface area contributed by atoms with Gasteiger partial charge >= 0.3 is 0 Å². The highest BCUT2D eigenvalue weighted by Gasteiger charge is 2.37. The third-order valence-electron chi connectivity index (χ3n) is 4.55. The molecule has 3 nitrogen and oxygen atoms in total. The van der Waals surface area contributed by atoms with Crippen molar-refractivity contribution in [2.24, 2.45) is 5.16 Å². The Morgan fingerprint density at radius 2 is 1.86 bits per heavy atom. The molecule has 0 radical (unpaired) electrons. The number of hydrogen-bond donors (Lipinski definition) is 1. The van der Waals surface area contributed by atoms with E-state index in [0.717, 1.165) is 12.0 Å². The van der Waals surface area contributed by atoms with Crippen molar-refractivity contribution < 1.29 is 9.63 Å². The first-order chi connectivity index (χ1) is 9.62. The van der Waals surface area contributed by atoms with Crippen LogP contribution in [0.15, 0.2) is 23.4 Å². The molecule has 0 aromatic heterocycles. The van der Waals surface area contributed by atoms with E-state index in [0.29, 0.717) is 12.3 Å². The van der Waals surface area contributed by atoms with Crippen LogP contribution >= 0.6 is 0 Å². The standard InChI is InChI=1S/C17H29NO2Si/c1-8-14-11-15(13(2)18-19)9-10-16(14)12-20-21(6,7)17(3,4)5/h9-11,19H,8,12H2,1-7H3/b18-13+. The van der Waals surface area contributed by atoms with Gasteiger partial charge in [0, 0.05) is 0 Å². The van der Waals surface area contributed by atoms with Gasteiger partial charge in [0.05, 0.1) is 12.3 Å². The van der Waals surface area contributed by atoms with Crippen molar-refractivity contribution in [2.75, 3.05) is 0 Å². The summed E-state index contributed by atoms with van der Waals surface area (Å²) in [5.74, 6) is 0. The van der Waals surface area contributed by atoms with Crippen LogP contribution in [-0.4, -0.2) is 19.2 Å². The van der Waals surface area contributed by atoms with Gasteiger partial charge in [-0.2, -0.15) is 0 Å². The van der Waals surface area contributed by atoms with E-state index in [4.69, 9.17) is 9.63 Å². The molecule has 0 spiro atoms. The highest BCUT2D eigenvalue weighted by atomic mass is 28.4. The van der Waals surface area contributed by atoms with Crippen molar-refractivity contribution in [1.82, 2.24) is 0 Å². The van der Waals surface area contributed by atoms with Crippen molar-refractivity contribution in [3.63, 3.8) is 0 Å². The average Bonchev–Trinajstić information content (AvgIpc) is 2.42. The maximum Gasteiger partial charge on any atom is 0.192 e. The second kappa shape index (κ2) is 6.75. The van der Waals surface area contributed by atoms with E-state index in [-0.39, 0.29) is 5.04 Å². The second-order valence-electron chi connectivity index (χ2n) is 7.07. The quantitative estimate of drug-likeness (QED) is 0.361. The van der Waals surface area contributed by atoms with Gasteiger partial charge in [0.15, 0.2) is 8.32 Å². The van der Waals surface area contributed by atoms with Gasteiger partial charge in [-0.1, -0.05) is 45.0 Å². The molecule has 0 saturated carbocycles. The maximum absolute atomic E-state index is 8.89. The molecule has 0 aliphatic heterocycles. The molecule has 0 heterocycles. The number of aryl methyl sites for hydroxylation is 1.